The first-order chi connectivity index (χ1) is 10.1. The summed E-state index contributed by atoms with van der Waals surface area (Å²) in [6.07, 6.45) is 2.34. The average molecular weight is 368 g/mol. The lowest BCUT2D eigenvalue weighted by molar-refractivity contribution is 0.924. The van der Waals surface area contributed by atoms with Gasteiger partial charge in [0.2, 0.25) is 0 Å². The van der Waals surface area contributed by atoms with Crippen LogP contribution in [0.3, 0.4) is 0 Å². The van der Waals surface area contributed by atoms with Crippen molar-refractivity contribution < 1.29 is 0 Å². The molecule has 0 bridgehead atoms. The molecule has 0 spiro atoms. The van der Waals surface area contributed by atoms with Gasteiger partial charge in [-0.3, -0.25) is 0 Å². The predicted molar refractivity (Wildman–Crippen MR) is 90.7 cm³/mol. The van der Waals surface area contributed by atoms with Gasteiger partial charge in [0.15, 0.2) is 0 Å². The van der Waals surface area contributed by atoms with Crippen molar-refractivity contribution >= 4 is 44.9 Å². The van der Waals surface area contributed by atoms with Crippen molar-refractivity contribution in [3.8, 4) is 0 Å². The molecule has 1 aromatic carbocycles. The summed E-state index contributed by atoms with van der Waals surface area (Å²) in [5, 5.41) is 7.11. The summed E-state index contributed by atoms with van der Waals surface area (Å²) in [4.78, 5) is 9.26. The summed E-state index contributed by atoms with van der Waals surface area (Å²) in [6.45, 7) is 2.00. The lowest BCUT2D eigenvalue weighted by Gasteiger charge is -2.14. The van der Waals surface area contributed by atoms with E-state index in [-0.39, 0.29) is 0 Å². The Hall–Kier alpha value is -1.33. The summed E-state index contributed by atoms with van der Waals surface area (Å²) in [5.41, 5.74) is 1.83. The van der Waals surface area contributed by atoms with Gasteiger partial charge in [-0.05, 0) is 38.0 Å². The van der Waals surface area contributed by atoms with Crippen LogP contribution in [0.5, 0.6) is 0 Å². The minimum absolute atomic E-state index is 0.499. The number of halogens is 2. The van der Waals surface area contributed by atoms with Gasteiger partial charge in [0.1, 0.15) is 17.5 Å². The molecule has 21 heavy (non-hydrogen) atoms. The van der Waals surface area contributed by atoms with Crippen LogP contribution in [0, 0.1) is 6.92 Å². The molecule has 1 aromatic heterocycles. The Balaban J connectivity index is 1.98. The van der Waals surface area contributed by atoms with E-state index in [9.17, 15) is 0 Å². The maximum Gasteiger partial charge on any atom is 0.139 e. The zero-order valence-corrected chi connectivity index (χ0v) is 14.2. The molecule has 3 rings (SSSR count). The Bertz CT molecular complexity index is 686. The molecule has 0 amide bonds. The van der Waals surface area contributed by atoms with Crippen LogP contribution in [-0.2, 0) is 0 Å². The summed E-state index contributed by atoms with van der Waals surface area (Å²) >= 11 is 9.68. The lowest BCUT2D eigenvalue weighted by Crippen LogP contribution is -2.07. The molecule has 0 aliphatic heterocycles. The Kier molecular flexibility index (Phi) is 4.04. The van der Waals surface area contributed by atoms with Crippen LogP contribution >= 0.6 is 27.5 Å². The highest BCUT2D eigenvalue weighted by molar-refractivity contribution is 9.10. The number of nitrogens with one attached hydrogen (secondary N) is 2. The van der Waals surface area contributed by atoms with Gasteiger partial charge in [-0.15, -0.1) is 0 Å². The van der Waals surface area contributed by atoms with E-state index in [4.69, 9.17) is 11.6 Å². The SMILES string of the molecule is CNc1nc(C2CC2)nc(Nc2ccc(Br)cc2Cl)c1C. The second-order valence-corrected chi connectivity index (χ2v) is 6.50. The third kappa shape index (κ3) is 3.14. The second kappa shape index (κ2) is 5.81. The monoisotopic (exact) mass is 366 g/mol. The molecule has 6 heteroatoms. The maximum absolute atomic E-state index is 6.27. The van der Waals surface area contributed by atoms with Crippen molar-refractivity contribution in [2.75, 3.05) is 17.7 Å². The number of hydrogen-bond donors (Lipinski definition) is 2. The van der Waals surface area contributed by atoms with Crippen LogP contribution in [0.25, 0.3) is 0 Å². The zero-order valence-electron chi connectivity index (χ0n) is 11.9. The van der Waals surface area contributed by atoms with Crippen LogP contribution in [-0.4, -0.2) is 17.0 Å². The summed E-state index contributed by atoms with van der Waals surface area (Å²) in [5.74, 6) is 3.07. The molecule has 4 nitrogen and oxygen atoms in total. The van der Waals surface area contributed by atoms with Gasteiger partial charge >= 0.3 is 0 Å². The van der Waals surface area contributed by atoms with Gasteiger partial charge in [-0.1, -0.05) is 27.5 Å². The molecule has 1 saturated carbocycles. The molecule has 1 heterocycles. The van der Waals surface area contributed by atoms with E-state index in [1.807, 2.05) is 32.2 Å². The normalized spacial score (nSPS) is 14.1. The zero-order chi connectivity index (χ0) is 15.0. The number of anilines is 3. The molecule has 0 unspecified atom stereocenters. The van der Waals surface area contributed by atoms with Crippen molar-refractivity contribution in [3.05, 3.63) is 39.1 Å². The Morgan fingerprint density at radius 1 is 1.24 bits per heavy atom. The molecule has 1 aliphatic rings. The maximum atomic E-state index is 6.27. The van der Waals surface area contributed by atoms with Crippen molar-refractivity contribution in [1.29, 1.82) is 0 Å². The van der Waals surface area contributed by atoms with E-state index in [1.54, 1.807) is 0 Å². The van der Waals surface area contributed by atoms with Crippen molar-refractivity contribution in [2.24, 2.45) is 0 Å². The minimum Gasteiger partial charge on any atom is -0.373 e. The highest BCUT2D eigenvalue weighted by Gasteiger charge is 2.28. The van der Waals surface area contributed by atoms with E-state index in [2.05, 4.69) is 36.5 Å². The number of benzene rings is 1. The Morgan fingerprint density at radius 2 is 1.95 bits per heavy atom. The fourth-order valence-corrected chi connectivity index (χ4v) is 2.86. The third-order valence-corrected chi connectivity index (χ3v) is 4.33. The van der Waals surface area contributed by atoms with E-state index < -0.39 is 0 Å². The summed E-state index contributed by atoms with van der Waals surface area (Å²) in [7, 11) is 1.88. The van der Waals surface area contributed by atoms with Gasteiger partial charge in [0.05, 0.1) is 10.7 Å². The van der Waals surface area contributed by atoms with Crippen molar-refractivity contribution in [2.45, 2.75) is 25.7 Å². The molecule has 1 aliphatic carbocycles. The highest BCUT2D eigenvalue weighted by Crippen LogP contribution is 2.40. The van der Waals surface area contributed by atoms with E-state index in [1.165, 1.54) is 12.8 Å². The molecular weight excluding hydrogens is 352 g/mol. The van der Waals surface area contributed by atoms with Crippen LogP contribution in [0.1, 0.15) is 30.1 Å². The number of nitrogens with zero attached hydrogens (tertiary/aromatic N) is 2. The van der Waals surface area contributed by atoms with Gasteiger partial charge in [-0.25, -0.2) is 9.97 Å². The molecule has 1 fully saturated rings. The second-order valence-electron chi connectivity index (χ2n) is 5.18. The van der Waals surface area contributed by atoms with E-state index >= 15 is 0 Å². The largest absolute Gasteiger partial charge is 0.373 e. The number of aromatic nitrogens is 2. The Morgan fingerprint density at radius 3 is 2.57 bits per heavy atom. The van der Waals surface area contributed by atoms with Crippen LogP contribution < -0.4 is 10.6 Å². The smallest absolute Gasteiger partial charge is 0.139 e. The van der Waals surface area contributed by atoms with Crippen LogP contribution in [0.15, 0.2) is 22.7 Å². The molecule has 110 valence electrons. The quantitative estimate of drug-likeness (QED) is 0.810. The fraction of sp³-hybridized carbons (Fsp3) is 0.333. The lowest BCUT2D eigenvalue weighted by atomic mass is 10.2. The molecule has 0 saturated heterocycles. The topological polar surface area (TPSA) is 49.8 Å². The predicted octanol–water partition coefficient (Wildman–Crippen LogP) is 4.86. The summed E-state index contributed by atoms with van der Waals surface area (Å²) < 4.78 is 0.951. The standard InChI is InChI=1S/C15H16BrClN4/c1-8-13(18-2)20-15(9-3-4-9)21-14(8)19-12-6-5-10(16)7-11(12)17/h5-7,9H,3-4H2,1-2H3,(H2,18,19,20,21). The molecule has 2 aromatic rings. The van der Waals surface area contributed by atoms with E-state index in [0.717, 1.165) is 33.2 Å². The average Bonchev–Trinajstić information content (AvgIpc) is 3.28. The molecule has 0 atom stereocenters. The third-order valence-electron chi connectivity index (χ3n) is 3.53. The van der Waals surface area contributed by atoms with Crippen molar-refractivity contribution in [3.63, 3.8) is 0 Å². The molecular formula is C15H16BrClN4. The van der Waals surface area contributed by atoms with Gasteiger partial charge in [-0.2, -0.15) is 0 Å². The number of hydrogen-bond acceptors (Lipinski definition) is 4. The minimum atomic E-state index is 0.499. The van der Waals surface area contributed by atoms with Crippen LogP contribution in [0.4, 0.5) is 17.3 Å². The van der Waals surface area contributed by atoms with Crippen LogP contribution in [0.2, 0.25) is 5.02 Å². The Labute approximate surface area is 137 Å². The van der Waals surface area contributed by atoms with Gasteiger partial charge < -0.3 is 10.6 Å². The molecule has 0 radical (unpaired) electrons. The fourth-order valence-electron chi connectivity index (χ4n) is 2.14. The van der Waals surface area contributed by atoms with Gasteiger partial charge in [0, 0.05) is 23.0 Å². The highest BCUT2D eigenvalue weighted by atomic mass is 79.9. The van der Waals surface area contributed by atoms with Gasteiger partial charge in [0.25, 0.3) is 0 Å². The van der Waals surface area contributed by atoms with E-state index in [0.29, 0.717) is 10.9 Å². The first-order valence-electron chi connectivity index (χ1n) is 6.87. The molecule has 2 N–H and O–H groups in total. The van der Waals surface area contributed by atoms with Crippen molar-refractivity contribution in [1.82, 2.24) is 9.97 Å². The first kappa shape index (κ1) is 14.6. The first-order valence-corrected chi connectivity index (χ1v) is 8.04. The number of rotatable bonds is 4. The summed E-state index contributed by atoms with van der Waals surface area (Å²) in [6, 6.07) is 5.75.